The van der Waals surface area contributed by atoms with Crippen LogP contribution in [-0.2, 0) is 4.79 Å². The number of amides is 1. The van der Waals surface area contributed by atoms with E-state index in [2.05, 4.69) is 34.2 Å². The number of piperazine rings is 1. The second-order valence-corrected chi connectivity index (χ2v) is 6.20. The molecule has 26 heavy (non-hydrogen) atoms. The third kappa shape index (κ3) is 5.61. The molecule has 0 radical (unpaired) electrons. The summed E-state index contributed by atoms with van der Waals surface area (Å²) in [4.78, 5) is 16.9. The predicted molar refractivity (Wildman–Crippen MR) is 112 cm³/mol. The Morgan fingerprint density at radius 1 is 1.00 bits per heavy atom. The number of hydrogen-bond donors (Lipinski definition) is 1. The highest BCUT2D eigenvalue weighted by molar-refractivity contribution is 6.02. The molecule has 0 aliphatic carbocycles. The van der Waals surface area contributed by atoms with E-state index in [1.54, 1.807) is 6.08 Å². The molecule has 0 atom stereocenters. The van der Waals surface area contributed by atoms with Gasteiger partial charge in [0, 0.05) is 43.6 Å². The number of halogens is 1. The van der Waals surface area contributed by atoms with E-state index in [1.165, 1.54) is 5.69 Å². The minimum atomic E-state index is -0.117. The summed E-state index contributed by atoms with van der Waals surface area (Å²) in [6, 6.07) is 17.9. The van der Waals surface area contributed by atoms with Crippen LogP contribution in [0.5, 0.6) is 0 Å². The molecule has 0 bridgehead atoms. The lowest BCUT2D eigenvalue weighted by atomic mass is 10.2. The van der Waals surface area contributed by atoms with Gasteiger partial charge in [-0.05, 0) is 42.4 Å². The number of rotatable bonds is 5. The molecular weight excluding hydrogens is 346 g/mol. The molecule has 5 heteroatoms. The quantitative estimate of drug-likeness (QED) is 0.809. The fourth-order valence-corrected chi connectivity index (χ4v) is 3.00. The SMILES string of the molecule is CCN1CCN(c2ccc(NC(=O)/C=C/c3ccccc3)cc2)CC1.Cl. The zero-order valence-corrected chi connectivity index (χ0v) is 15.9. The Labute approximate surface area is 161 Å². The van der Waals surface area contributed by atoms with Crippen LogP contribution >= 0.6 is 12.4 Å². The zero-order chi connectivity index (χ0) is 17.5. The van der Waals surface area contributed by atoms with Gasteiger partial charge < -0.3 is 15.1 Å². The summed E-state index contributed by atoms with van der Waals surface area (Å²) >= 11 is 0. The Balaban J connectivity index is 0.00000243. The first-order valence-electron chi connectivity index (χ1n) is 8.86. The third-order valence-corrected chi connectivity index (χ3v) is 4.55. The number of carbonyl (C=O) groups excluding carboxylic acids is 1. The Bertz CT molecular complexity index is 708. The number of nitrogens with one attached hydrogen (secondary N) is 1. The number of hydrogen-bond acceptors (Lipinski definition) is 3. The van der Waals surface area contributed by atoms with Crippen molar-refractivity contribution in [2.75, 3.05) is 42.9 Å². The lowest BCUT2D eigenvalue weighted by Gasteiger charge is -2.35. The highest BCUT2D eigenvalue weighted by atomic mass is 35.5. The third-order valence-electron chi connectivity index (χ3n) is 4.55. The molecule has 0 aromatic heterocycles. The molecule has 0 spiro atoms. The van der Waals surface area contributed by atoms with Crippen LogP contribution in [0.2, 0.25) is 0 Å². The van der Waals surface area contributed by atoms with Crippen molar-refractivity contribution in [3.63, 3.8) is 0 Å². The van der Waals surface area contributed by atoms with Crippen molar-refractivity contribution in [2.24, 2.45) is 0 Å². The molecular formula is C21H26ClN3O. The number of likely N-dealkylation sites (N-methyl/N-ethyl adjacent to an activating group) is 1. The van der Waals surface area contributed by atoms with Crippen molar-refractivity contribution in [2.45, 2.75) is 6.92 Å². The van der Waals surface area contributed by atoms with E-state index in [0.717, 1.165) is 44.0 Å². The van der Waals surface area contributed by atoms with Crippen molar-refractivity contribution in [3.8, 4) is 0 Å². The van der Waals surface area contributed by atoms with Crippen LogP contribution in [0.15, 0.2) is 60.7 Å². The van der Waals surface area contributed by atoms with Crippen molar-refractivity contribution in [1.29, 1.82) is 0 Å². The first-order chi connectivity index (χ1) is 12.2. The average molecular weight is 372 g/mol. The van der Waals surface area contributed by atoms with Gasteiger partial charge in [0.05, 0.1) is 0 Å². The van der Waals surface area contributed by atoms with Crippen molar-refractivity contribution >= 4 is 35.8 Å². The summed E-state index contributed by atoms with van der Waals surface area (Å²) in [5.74, 6) is -0.117. The Hall–Kier alpha value is -2.30. The standard InChI is InChI=1S/C21H25N3O.ClH/c1-2-23-14-16-24(17-15-23)20-11-9-19(10-12-20)22-21(25)13-8-18-6-4-3-5-7-18;/h3-13H,2,14-17H2,1H3,(H,22,25);1H/b13-8+;. The van der Waals surface area contributed by atoms with Gasteiger partial charge in [0.25, 0.3) is 0 Å². The number of nitrogens with zero attached hydrogens (tertiary/aromatic N) is 2. The molecule has 1 aliphatic rings. The van der Waals surface area contributed by atoms with Crippen LogP contribution in [0.1, 0.15) is 12.5 Å². The smallest absolute Gasteiger partial charge is 0.248 e. The molecule has 1 amide bonds. The van der Waals surface area contributed by atoms with Gasteiger partial charge in [0.2, 0.25) is 5.91 Å². The van der Waals surface area contributed by atoms with Gasteiger partial charge in [0.1, 0.15) is 0 Å². The van der Waals surface area contributed by atoms with Crippen molar-refractivity contribution in [1.82, 2.24) is 4.90 Å². The van der Waals surface area contributed by atoms with Gasteiger partial charge in [-0.25, -0.2) is 0 Å². The lowest BCUT2D eigenvalue weighted by molar-refractivity contribution is -0.111. The Kier molecular flexibility index (Phi) is 7.70. The van der Waals surface area contributed by atoms with Gasteiger partial charge in [-0.2, -0.15) is 0 Å². The van der Waals surface area contributed by atoms with Crippen LogP contribution in [0.25, 0.3) is 6.08 Å². The second-order valence-electron chi connectivity index (χ2n) is 6.20. The normalized spacial score (nSPS) is 14.9. The van der Waals surface area contributed by atoms with Gasteiger partial charge >= 0.3 is 0 Å². The summed E-state index contributed by atoms with van der Waals surface area (Å²) in [5.41, 5.74) is 3.05. The summed E-state index contributed by atoms with van der Waals surface area (Å²) < 4.78 is 0. The molecule has 2 aromatic rings. The highest BCUT2D eigenvalue weighted by Crippen LogP contribution is 2.19. The number of benzene rings is 2. The van der Waals surface area contributed by atoms with Gasteiger partial charge in [-0.1, -0.05) is 37.3 Å². The van der Waals surface area contributed by atoms with Crippen LogP contribution in [0.4, 0.5) is 11.4 Å². The van der Waals surface area contributed by atoms with Crippen molar-refractivity contribution < 1.29 is 4.79 Å². The minimum Gasteiger partial charge on any atom is -0.369 e. The highest BCUT2D eigenvalue weighted by Gasteiger charge is 2.15. The molecule has 1 aliphatic heterocycles. The average Bonchev–Trinajstić information content (AvgIpc) is 2.68. The van der Waals surface area contributed by atoms with E-state index in [-0.39, 0.29) is 18.3 Å². The molecule has 138 valence electrons. The van der Waals surface area contributed by atoms with Gasteiger partial charge in [-0.3, -0.25) is 4.79 Å². The Morgan fingerprint density at radius 2 is 1.65 bits per heavy atom. The fraction of sp³-hybridized carbons (Fsp3) is 0.286. The topological polar surface area (TPSA) is 35.6 Å². The van der Waals surface area contributed by atoms with Crippen LogP contribution in [-0.4, -0.2) is 43.5 Å². The number of anilines is 2. The molecule has 4 nitrogen and oxygen atoms in total. The molecule has 1 N–H and O–H groups in total. The summed E-state index contributed by atoms with van der Waals surface area (Å²) in [6.07, 6.45) is 3.38. The maximum atomic E-state index is 12.0. The maximum absolute atomic E-state index is 12.0. The second kappa shape index (κ2) is 10.00. The first-order valence-corrected chi connectivity index (χ1v) is 8.86. The summed E-state index contributed by atoms with van der Waals surface area (Å²) in [6.45, 7) is 7.66. The van der Waals surface area contributed by atoms with Crippen molar-refractivity contribution in [3.05, 3.63) is 66.2 Å². The van der Waals surface area contributed by atoms with E-state index in [0.29, 0.717) is 0 Å². The van der Waals surface area contributed by atoms with E-state index >= 15 is 0 Å². The molecule has 1 fully saturated rings. The monoisotopic (exact) mass is 371 g/mol. The van der Waals surface area contributed by atoms with E-state index in [4.69, 9.17) is 0 Å². The maximum Gasteiger partial charge on any atom is 0.248 e. The minimum absolute atomic E-state index is 0. The van der Waals surface area contributed by atoms with Crippen LogP contribution in [0.3, 0.4) is 0 Å². The molecule has 2 aromatic carbocycles. The first kappa shape index (κ1) is 20.0. The zero-order valence-electron chi connectivity index (χ0n) is 15.1. The number of carbonyl (C=O) groups is 1. The Morgan fingerprint density at radius 3 is 2.27 bits per heavy atom. The predicted octanol–water partition coefficient (Wildman–Crippen LogP) is 3.90. The van der Waals surface area contributed by atoms with E-state index in [1.807, 2.05) is 48.5 Å². The van der Waals surface area contributed by atoms with Gasteiger partial charge in [-0.15, -0.1) is 12.4 Å². The summed E-state index contributed by atoms with van der Waals surface area (Å²) in [7, 11) is 0. The molecule has 0 saturated carbocycles. The molecule has 1 heterocycles. The molecule has 3 rings (SSSR count). The van der Waals surface area contributed by atoms with E-state index < -0.39 is 0 Å². The fourth-order valence-electron chi connectivity index (χ4n) is 3.00. The van der Waals surface area contributed by atoms with Crippen LogP contribution in [0, 0.1) is 0 Å². The summed E-state index contributed by atoms with van der Waals surface area (Å²) in [5, 5.41) is 2.91. The van der Waals surface area contributed by atoms with Gasteiger partial charge in [0.15, 0.2) is 0 Å². The molecule has 0 unspecified atom stereocenters. The lowest BCUT2D eigenvalue weighted by Crippen LogP contribution is -2.46. The molecule has 1 saturated heterocycles. The largest absolute Gasteiger partial charge is 0.369 e. The van der Waals surface area contributed by atoms with Crippen LogP contribution < -0.4 is 10.2 Å². The van der Waals surface area contributed by atoms with E-state index in [9.17, 15) is 4.79 Å².